The lowest BCUT2D eigenvalue weighted by molar-refractivity contribution is -0.167. The number of esters is 3. The van der Waals surface area contributed by atoms with Gasteiger partial charge in [-0.25, -0.2) is 0 Å². The molecular weight excluding hydrogens is 865 g/mol. The number of hydrogen-bond donors (Lipinski definition) is 0. The molecule has 1 atom stereocenters. The minimum Gasteiger partial charge on any atom is -0.462 e. The molecule has 0 spiro atoms. The first kappa shape index (κ1) is 66.9. The van der Waals surface area contributed by atoms with Crippen molar-refractivity contribution in [2.45, 2.75) is 303 Å². The smallest absolute Gasteiger partial charge is 0.306 e. The molecule has 0 rings (SSSR count). The van der Waals surface area contributed by atoms with Crippen LogP contribution in [0.25, 0.3) is 0 Å². The Labute approximate surface area is 433 Å². The second-order valence-corrected chi connectivity index (χ2v) is 19.9. The third kappa shape index (κ3) is 55.8. The summed E-state index contributed by atoms with van der Waals surface area (Å²) in [6.45, 7) is 6.49. The van der Waals surface area contributed by atoms with Gasteiger partial charge in [0.25, 0.3) is 0 Å². The number of carbonyl (C=O) groups is 3. The number of allylic oxidation sites excluding steroid dienone is 12. The molecule has 1 unspecified atom stereocenters. The minimum absolute atomic E-state index is 0.0868. The van der Waals surface area contributed by atoms with Gasteiger partial charge in [-0.15, -0.1) is 0 Å². The summed E-state index contributed by atoms with van der Waals surface area (Å²) in [5.41, 5.74) is 0. The van der Waals surface area contributed by atoms with Gasteiger partial charge >= 0.3 is 17.9 Å². The monoisotopic (exact) mass is 977 g/mol. The van der Waals surface area contributed by atoms with E-state index >= 15 is 0 Å². The maximum Gasteiger partial charge on any atom is 0.306 e. The highest BCUT2D eigenvalue weighted by Gasteiger charge is 2.19. The summed E-state index contributed by atoms with van der Waals surface area (Å²) in [4.78, 5) is 38.0. The summed E-state index contributed by atoms with van der Waals surface area (Å²) in [6, 6.07) is 0. The molecule has 6 nitrogen and oxygen atoms in total. The lowest BCUT2D eigenvalue weighted by atomic mass is 10.0. The number of unbranched alkanes of at least 4 members (excludes halogenated alkanes) is 31. The van der Waals surface area contributed by atoms with Crippen LogP contribution in [0.1, 0.15) is 297 Å². The largest absolute Gasteiger partial charge is 0.462 e. The molecule has 0 amide bonds. The summed E-state index contributed by atoms with van der Waals surface area (Å²) < 4.78 is 16.8. The van der Waals surface area contributed by atoms with Crippen molar-refractivity contribution in [3.05, 3.63) is 72.9 Å². The molecule has 0 aliphatic heterocycles. The molecule has 0 N–H and O–H groups in total. The standard InChI is InChI=1S/C64H112O6/c1-4-7-10-13-16-19-21-23-25-27-29-30-31-32-33-34-36-37-39-41-43-45-48-51-54-57-63(66)69-60-61(59-68-62(65)56-53-50-47-18-15-12-9-6-3)70-64(67)58-55-52-49-46-44-42-40-38-35-28-26-24-22-20-17-14-11-8-5-2/h8,11,17,20,24,26-27,29,35,38,42,44,61H,4-7,9-10,12-16,18-19,21-23,25,28,30-34,36-37,39-41,43,45-60H2,1-3H3/b11-8-,20-17-,26-24-,29-27-,38-35-,44-42-. The van der Waals surface area contributed by atoms with Crippen molar-refractivity contribution in [1.82, 2.24) is 0 Å². The fourth-order valence-electron chi connectivity index (χ4n) is 8.47. The molecule has 0 aromatic rings. The van der Waals surface area contributed by atoms with Crippen LogP contribution < -0.4 is 0 Å². The Kier molecular flexibility index (Phi) is 55.8. The SMILES string of the molecule is CC/C=C\C/C=C\C/C=C\C/C=C\C/C=C\CCCCCC(=O)OC(COC(=O)CCCCCCCCCC)COC(=O)CCCCCCCCCCCCCCC/C=C\CCCCCCCCCC. The molecule has 0 aromatic carbocycles. The van der Waals surface area contributed by atoms with E-state index in [1.54, 1.807) is 0 Å². The number of ether oxygens (including phenoxy) is 3. The van der Waals surface area contributed by atoms with Crippen molar-refractivity contribution in [2.24, 2.45) is 0 Å². The Bertz CT molecular complexity index is 1310. The van der Waals surface area contributed by atoms with Gasteiger partial charge in [0.05, 0.1) is 0 Å². The van der Waals surface area contributed by atoms with Crippen LogP contribution in [0.3, 0.4) is 0 Å². The van der Waals surface area contributed by atoms with Crippen molar-refractivity contribution in [1.29, 1.82) is 0 Å². The topological polar surface area (TPSA) is 78.9 Å². The predicted molar refractivity (Wildman–Crippen MR) is 302 cm³/mol. The molecule has 0 saturated heterocycles. The van der Waals surface area contributed by atoms with Gasteiger partial charge in [-0.3, -0.25) is 14.4 Å². The predicted octanol–water partition coefficient (Wildman–Crippen LogP) is 20.2. The van der Waals surface area contributed by atoms with Gasteiger partial charge in [0.1, 0.15) is 13.2 Å². The van der Waals surface area contributed by atoms with Gasteiger partial charge < -0.3 is 14.2 Å². The molecule has 0 fully saturated rings. The number of hydrogen-bond acceptors (Lipinski definition) is 6. The van der Waals surface area contributed by atoms with Gasteiger partial charge in [-0.1, -0.05) is 261 Å². The van der Waals surface area contributed by atoms with E-state index in [0.29, 0.717) is 19.3 Å². The van der Waals surface area contributed by atoms with Crippen molar-refractivity contribution in [3.8, 4) is 0 Å². The molecule has 0 heterocycles. The van der Waals surface area contributed by atoms with E-state index in [4.69, 9.17) is 14.2 Å². The van der Waals surface area contributed by atoms with Crippen LogP contribution >= 0.6 is 0 Å². The molecule has 404 valence electrons. The second kappa shape index (κ2) is 58.4. The summed E-state index contributed by atoms with van der Waals surface area (Å²) in [7, 11) is 0. The highest BCUT2D eigenvalue weighted by Crippen LogP contribution is 2.16. The van der Waals surface area contributed by atoms with Gasteiger partial charge in [0.2, 0.25) is 0 Å². The minimum atomic E-state index is -0.790. The molecule has 0 bridgehead atoms. The number of carbonyl (C=O) groups excluding carboxylic acids is 3. The molecule has 0 aliphatic rings. The average molecular weight is 978 g/mol. The Morgan fingerprint density at radius 2 is 0.557 bits per heavy atom. The Morgan fingerprint density at radius 1 is 0.300 bits per heavy atom. The van der Waals surface area contributed by atoms with Crippen LogP contribution in [-0.4, -0.2) is 37.2 Å². The number of rotatable bonds is 54. The van der Waals surface area contributed by atoms with E-state index in [2.05, 4.69) is 93.7 Å². The zero-order chi connectivity index (χ0) is 50.7. The lowest BCUT2D eigenvalue weighted by Gasteiger charge is -2.18. The molecular formula is C64H112O6. The van der Waals surface area contributed by atoms with Crippen LogP contribution in [0.5, 0.6) is 0 Å². The fraction of sp³-hybridized carbons (Fsp3) is 0.766. The Morgan fingerprint density at radius 3 is 0.900 bits per heavy atom. The third-order valence-electron chi connectivity index (χ3n) is 12.9. The first-order valence-electron chi connectivity index (χ1n) is 29.9. The fourth-order valence-corrected chi connectivity index (χ4v) is 8.47. The second-order valence-electron chi connectivity index (χ2n) is 19.9. The normalized spacial score (nSPS) is 12.6. The average Bonchev–Trinajstić information content (AvgIpc) is 3.36. The van der Waals surface area contributed by atoms with Crippen molar-refractivity contribution in [3.63, 3.8) is 0 Å². The molecule has 0 saturated carbocycles. The van der Waals surface area contributed by atoms with Crippen LogP contribution in [-0.2, 0) is 28.6 Å². The highest BCUT2D eigenvalue weighted by atomic mass is 16.6. The maximum atomic E-state index is 12.8. The van der Waals surface area contributed by atoms with Crippen molar-refractivity contribution in [2.75, 3.05) is 13.2 Å². The molecule has 0 radical (unpaired) electrons. The Balaban J connectivity index is 4.22. The lowest BCUT2D eigenvalue weighted by Crippen LogP contribution is -2.30. The summed E-state index contributed by atoms with van der Waals surface area (Å²) in [5, 5.41) is 0. The Hall–Kier alpha value is -3.15. The summed E-state index contributed by atoms with van der Waals surface area (Å²) in [5.74, 6) is -0.915. The van der Waals surface area contributed by atoms with Crippen molar-refractivity contribution >= 4 is 17.9 Å². The van der Waals surface area contributed by atoms with Gasteiger partial charge in [0, 0.05) is 19.3 Å². The zero-order valence-corrected chi connectivity index (χ0v) is 46.3. The van der Waals surface area contributed by atoms with Crippen LogP contribution in [0.15, 0.2) is 72.9 Å². The van der Waals surface area contributed by atoms with Crippen LogP contribution in [0.4, 0.5) is 0 Å². The van der Waals surface area contributed by atoms with Crippen LogP contribution in [0, 0.1) is 0 Å². The van der Waals surface area contributed by atoms with E-state index < -0.39 is 6.10 Å². The van der Waals surface area contributed by atoms with E-state index in [9.17, 15) is 14.4 Å². The van der Waals surface area contributed by atoms with E-state index in [1.165, 1.54) is 161 Å². The molecule has 0 aromatic heterocycles. The molecule has 0 aliphatic carbocycles. The zero-order valence-electron chi connectivity index (χ0n) is 46.3. The molecule has 6 heteroatoms. The first-order valence-corrected chi connectivity index (χ1v) is 29.9. The quantitative estimate of drug-likeness (QED) is 0.0261. The third-order valence-corrected chi connectivity index (χ3v) is 12.9. The van der Waals surface area contributed by atoms with Crippen molar-refractivity contribution < 1.29 is 28.6 Å². The van der Waals surface area contributed by atoms with Gasteiger partial charge in [-0.05, 0) is 89.9 Å². The molecule has 70 heavy (non-hydrogen) atoms. The van der Waals surface area contributed by atoms with E-state index in [-0.39, 0.29) is 31.1 Å². The highest BCUT2D eigenvalue weighted by molar-refractivity contribution is 5.71. The van der Waals surface area contributed by atoms with E-state index in [1.807, 2.05) is 0 Å². The maximum absolute atomic E-state index is 12.8. The summed E-state index contributed by atoms with van der Waals surface area (Å²) in [6.07, 6.45) is 74.9. The van der Waals surface area contributed by atoms with Crippen LogP contribution in [0.2, 0.25) is 0 Å². The first-order chi connectivity index (χ1) is 34.5. The van der Waals surface area contributed by atoms with E-state index in [0.717, 1.165) is 96.3 Å². The van der Waals surface area contributed by atoms with Gasteiger partial charge in [0.15, 0.2) is 6.10 Å². The van der Waals surface area contributed by atoms with Gasteiger partial charge in [-0.2, -0.15) is 0 Å². The summed E-state index contributed by atoms with van der Waals surface area (Å²) >= 11 is 0.